The van der Waals surface area contributed by atoms with Gasteiger partial charge in [-0.1, -0.05) is 25.1 Å². The summed E-state index contributed by atoms with van der Waals surface area (Å²) in [6, 6.07) is 7.75. The van der Waals surface area contributed by atoms with E-state index >= 15 is 0 Å². The van der Waals surface area contributed by atoms with Crippen molar-refractivity contribution in [3.05, 3.63) is 29.8 Å². The van der Waals surface area contributed by atoms with Crippen LogP contribution < -0.4 is 10.6 Å². The van der Waals surface area contributed by atoms with Gasteiger partial charge in [-0.15, -0.1) is 0 Å². The van der Waals surface area contributed by atoms with Crippen LogP contribution in [0.5, 0.6) is 0 Å². The molecule has 0 aliphatic carbocycles. The Bertz CT molecular complexity index is 516. The number of anilines is 1. The quantitative estimate of drug-likeness (QED) is 0.739. The molecule has 1 aliphatic heterocycles. The molecule has 5 heteroatoms. The summed E-state index contributed by atoms with van der Waals surface area (Å²) in [5, 5.41) is 14.6. The Morgan fingerprint density at radius 2 is 2.24 bits per heavy atom. The highest BCUT2D eigenvalue weighted by Gasteiger charge is 2.26. The first kappa shape index (κ1) is 15.5. The highest BCUT2D eigenvalue weighted by atomic mass is 16.3. The van der Waals surface area contributed by atoms with E-state index in [0.29, 0.717) is 25.8 Å². The second-order valence-corrected chi connectivity index (χ2v) is 5.68. The van der Waals surface area contributed by atoms with Gasteiger partial charge >= 0.3 is 0 Å². The minimum absolute atomic E-state index is 0.00905. The van der Waals surface area contributed by atoms with Crippen molar-refractivity contribution >= 4 is 17.5 Å². The Labute approximate surface area is 124 Å². The van der Waals surface area contributed by atoms with Crippen molar-refractivity contribution in [3.8, 4) is 0 Å². The summed E-state index contributed by atoms with van der Waals surface area (Å²) in [5.74, 6) is -0.174. The van der Waals surface area contributed by atoms with Gasteiger partial charge in [-0.05, 0) is 30.4 Å². The van der Waals surface area contributed by atoms with Gasteiger partial charge in [-0.3, -0.25) is 9.59 Å². The Morgan fingerprint density at radius 1 is 1.48 bits per heavy atom. The summed E-state index contributed by atoms with van der Waals surface area (Å²) < 4.78 is 0. The van der Waals surface area contributed by atoms with Crippen LogP contribution in [0.25, 0.3) is 0 Å². The third-order valence-electron chi connectivity index (χ3n) is 3.79. The highest BCUT2D eigenvalue weighted by Crippen LogP contribution is 2.27. The molecule has 0 spiro atoms. The number of hydrogen-bond donors (Lipinski definition) is 3. The molecule has 1 aliphatic rings. The molecule has 1 aromatic rings. The Morgan fingerprint density at radius 3 is 3.00 bits per heavy atom. The van der Waals surface area contributed by atoms with Crippen LogP contribution in [0.1, 0.15) is 25.3 Å². The molecule has 0 fully saturated rings. The van der Waals surface area contributed by atoms with E-state index in [0.717, 1.165) is 11.3 Å². The molecule has 2 rings (SSSR count). The number of carbonyl (C=O) groups excluding carboxylic acids is 2. The van der Waals surface area contributed by atoms with E-state index in [1.165, 1.54) is 0 Å². The molecule has 1 heterocycles. The summed E-state index contributed by atoms with van der Waals surface area (Å²) in [7, 11) is 0. The molecule has 0 bridgehead atoms. The van der Waals surface area contributed by atoms with Crippen LogP contribution in [0.15, 0.2) is 24.3 Å². The maximum atomic E-state index is 12.0. The number of aliphatic hydroxyl groups excluding tert-OH is 1. The number of carbonyl (C=O) groups is 2. The number of nitrogens with one attached hydrogen (secondary N) is 2. The molecule has 2 atom stereocenters. The Balaban J connectivity index is 1.81. The first-order valence-electron chi connectivity index (χ1n) is 7.36. The van der Waals surface area contributed by atoms with Crippen LogP contribution in [0, 0.1) is 11.8 Å². The number of rotatable bonds is 6. The van der Waals surface area contributed by atoms with E-state index in [1.807, 2.05) is 31.2 Å². The lowest BCUT2D eigenvalue weighted by molar-refractivity contribution is -0.123. The summed E-state index contributed by atoms with van der Waals surface area (Å²) in [5.41, 5.74) is 2.00. The fourth-order valence-electron chi connectivity index (χ4n) is 2.39. The Kier molecular flexibility index (Phi) is 5.33. The number of para-hydroxylation sites is 1. The molecule has 2 amide bonds. The van der Waals surface area contributed by atoms with E-state index in [4.69, 9.17) is 5.11 Å². The average Bonchev–Trinajstić information content (AvgIpc) is 2.50. The largest absolute Gasteiger partial charge is 0.396 e. The number of benzene rings is 1. The van der Waals surface area contributed by atoms with Crippen LogP contribution in [-0.2, 0) is 16.0 Å². The Hall–Kier alpha value is -1.88. The van der Waals surface area contributed by atoms with Gasteiger partial charge in [0.2, 0.25) is 11.8 Å². The van der Waals surface area contributed by atoms with E-state index < -0.39 is 0 Å². The van der Waals surface area contributed by atoms with Gasteiger partial charge in [-0.2, -0.15) is 0 Å². The topological polar surface area (TPSA) is 78.4 Å². The number of fused-ring (bicyclic) bond motifs is 1. The molecule has 5 nitrogen and oxygen atoms in total. The van der Waals surface area contributed by atoms with E-state index in [-0.39, 0.29) is 30.3 Å². The third kappa shape index (κ3) is 4.29. The van der Waals surface area contributed by atoms with Crippen LogP contribution in [0.2, 0.25) is 0 Å². The van der Waals surface area contributed by atoms with Gasteiger partial charge in [0.25, 0.3) is 0 Å². The molecule has 0 aromatic heterocycles. The van der Waals surface area contributed by atoms with Gasteiger partial charge in [0, 0.05) is 31.2 Å². The fourth-order valence-corrected chi connectivity index (χ4v) is 2.39. The molecule has 1 aromatic carbocycles. The van der Waals surface area contributed by atoms with E-state index in [1.54, 1.807) is 0 Å². The van der Waals surface area contributed by atoms with Crippen LogP contribution in [-0.4, -0.2) is 30.1 Å². The van der Waals surface area contributed by atoms with Crippen LogP contribution >= 0.6 is 0 Å². The van der Waals surface area contributed by atoms with Crippen molar-refractivity contribution in [2.75, 3.05) is 18.5 Å². The SMILES string of the molecule is CC(CO)CNC(=O)CCC1Cc2ccccc2NC1=O. The van der Waals surface area contributed by atoms with E-state index in [9.17, 15) is 9.59 Å². The zero-order valence-electron chi connectivity index (χ0n) is 12.3. The second-order valence-electron chi connectivity index (χ2n) is 5.68. The summed E-state index contributed by atoms with van der Waals surface area (Å²) in [6.07, 6.45) is 1.56. The van der Waals surface area contributed by atoms with E-state index in [2.05, 4.69) is 10.6 Å². The third-order valence-corrected chi connectivity index (χ3v) is 3.79. The monoisotopic (exact) mass is 290 g/mol. The zero-order valence-corrected chi connectivity index (χ0v) is 12.3. The highest BCUT2D eigenvalue weighted by molar-refractivity contribution is 5.96. The van der Waals surface area contributed by atoms with Crippen molar-refractivity contribution in [2.45, 2.75) is 26.2 Å². The second kappa shape index (κ2) is 7.22. The summed E-state index contributed by atoms with van der Waals surface area (Å²) in [6.45, 7) is 2.39. The van der Waals surface area contributed by atoms with Crippen molar-refractivity contribution in [2.24, 2.45) is 11.8 Å². The summed E-state index contributed by atoms with van der Waals surface area (Å²) >= 11 is 0. The first-order chi connectivity index (χ1) is 10.1. The lowest BCUT2D eigenvalue weighted by Crippen LogP contribution is -2.33. The van der Waals surface area contributed by atoms with Gasteiger partial charge in [0.05, 0.1) is 0 Å². The number of aliphatic hydroxyl groups is 1. The molecular formula is C16H22N2O3. The lowest BCUT2D eigenvalue weighted by Gasteiger charge is -2.24. The first-order valence-corrected chi connectivity index (χ1v) is 7.36. The van der Waals surface area contributed by atoms with Crippen molar-refractivity contribution < 1.29 is 14.7 Å². The van der Waals surface area contributed by atoms with Gasteiger partial charge in [0.15, 0.2) is 0 Å². The smallest absolute Gasteiger partial charge is 0.227 e. The van der Waals surface area contributed by atoms with Crippen LogP contribution in [0.3, 0.4) is 0 Å². The predicted octanol–water partition coefficient (Wildman–Crippen LogP) is 1.32. The molecule has 114 valence electrons. The molecule has 2 unspecified atom stereocenters. The predicted molar refractivity (Wildman–Crippen MR) is 80.8 cm³/mol. The molecule has 21 heavy (non-hydrogen) atoms. The molecule has 0 saturated heterocycles. The fraction of sp³-hybridized carbons (Fsp3) is 0.500. The van der Waals surface area contributed by atoms with Gasteiger partial charge in [-0.25, -0.2) is 0 Å². The molecule has 0 radical (unpaired) electrons. The minimum Gasteiger partial charge on any atom is -0.396 e. The van der Waals surface area contributed by atoms with Crippen molar-refractivity contribution in [3.63, 3.8) is 0 Å². The number of hydrogen-bond acceptors (Lipinski definition) is 3. The molecule has 3 N–H and O–H groups in total. The standard InChI is InChI=1S/C16H22N2O3/c1-11(10-19)9-17-15(20)7-6-13-8-12-4-2-3-5-14(12)18-16(13)21/h2-5,11,13,19H,6-10H2,1H3,(H,17,20)(H,18,21). The van der Waals surface area contributed by atoms with Crippen molar-refractivity contribution in [1.29, 1.82) is 0 Å². The summed E-state index contributed by atoms with van der Waals surface area (Å²) in [4.78, 5) is 23.7. The lowest BCUT2D eigenvalue weighted by atomic mass is 9.89. The molecule has 0 saturated carbocycles. The number of amides is 2. The van der Waals surface area contributed by atoms with Crippen LogP contribution in [0.4, 0.5) is 5.69 Å². The maximum absolute atomic E-state index is 12.0. The normalized spacial score (nSPS) is 18.6. The van der Waals surface area contributed by atoms with Crippen molar-refractivity contribution in [1.82, 2.24) is 5.32 Å². The van der Waals surface area contributed by atoms with Gasteiger partial charge < -0.3 is 15.7 Å². The zero-order chi connectivity index (χ0) is 15.2. The maximum Gasteiger partial charge on any atom is 0.227 e. The average molecular weight is 290 g/mol. The van der Waals surface area contributed by atoms with Gasteiger partial charge in [0.1, 0.15) is 0 Å². The minimum atomic E-state index is -0.152. The molecular weight excluding hydrogens is 268 g/mol.